The van der Waals surface area contributed by atoms with Crippen LogP contribution in [-0.4, -0.2) is 37.7 Å². The van der Waals surface area contributed by atoms with Gasteiger partial charge in [0, 0.05) is 0 Å². The summed E-state index contributed by atoms with van der Waals surface area (Å²) < 4.78 is 13.3. The molecule has 382 valence electrons. The molecule has 0 amide bonds. The third-order valence-electron chi connectivity index (χ3n) is 16.8. The van der Waals surface area contributed by atoms with Gasteiger partial charge in [-0.05, 0) is 0 Å². The molecule has 0 aliphatic heterocycles. The van der Waals surface area contributed by atoms with Gasteiger partial charge in [0.15, 0.2) is 0 Å². The molecule has 2 aliphatic rings. The average molecular weight is 1180 g/mol. The van der Waals surface area contributed by atoms with Gasteiger partial charge in [-0.15, -0.1) is 0 Å². The van der Waals surface area contributed by atoms with E-state index in [-0.39, 0.29) is 7.25 Å². The van der Waals surface area contributed by atoms with Crippen molar-refractivity contribution in [1.82, 2.24) is 0 Å². The zero-order chi connectivity index (χ0) is 53.3. The normalized spacial score (nSPS) is 16.5. The summed E-state index contributed by atoms with van der Waals surface area (Å²) in [5.74, 6) is 1.76. The summed E-state index contributed by atoms with van der Waals surface area (Å²) in [4.78, 5) is 0. The fraction of sp³-hybridized carbons (Fsp3) is 0.312. The van der Waals surface area contributed by atoms with Gasteiger partial charge in [0.1, 0.15) is 0 Å². The van der Waals surface area contributed by atoms with Crippen LogP contribution in [0.1, 0.15) is 66.0 Å². The zero-order valence-electron chi connectivity index (χ0n) is 46.8. The predicted molar refractivity (Wildman–Crippen MR) is 337 cm³/mol. The molecule has 2 aliphatic carbocycles. The molecule has 0 N–H and O–H groups in total. The summed E-state index contributed by atoms with van der Waals surface area (Å²) in [6, 6.07) is 42.2. The van der Waals surface area contributed by atoms with E-state index in [1.54, 1.807) is 0 Å². The summed E-state index contributed by atoms with van der Waals surface area (Å²) in [5.41, 5.74) is 13.6. The van der Waals surface area contributed by atoms with Crippen LogP contribution in [0.5, 0.6) is 0 Å². The Morgan fingerprint density at radius 1 is 0.473 bits per heavy atom. The van der Waals surface area contributed by atoms with E-state index in [9.17, 15) is 17.0 Å². The standard InChI is InChI=1S/2C31H35OSi2.C2H6Si.2ClH.Zr/c2*1-8-21-13-14-22-15-25(31-28-12-10-9-11-23(28)20-32-31)18-29(22)30(21)24-16-26(33(2,3)4)19-27(17-24)34(5,6)7;1-3-2;;;/h2*9-20H,8H2,1-7H3;1-2H3;2*1H;/q;;;;;+2/p-2. The van der Waals surface area contributed by atoms with Crippen LogP contribution >= 0.6 is 17.0 Å². The first kappa shape index (κ1) is 53.8. The molecule has 10 rings (SSSR count). The van der Waals surface area contributed by atoms with E-state index in [2.05, 4.69) is 227 Å². The quantitative estimate of drug-likeness (QED) is 0.114. The Morgan fingerprint density at radius 3 is 1.12 bits per heavy atom. The number of hydrogen-bond acceptors (Lipinski definition) is 2. The molecule has 2 heterocycles. The summed E-state index contributed by atoms with van der Waals surface area (Å²) in [6.45, 7) is 39.3. The molecule has 8 aromatic rings. The number of rotatable bonds is 12. The van der Waals surface area contributed by atoms with Gasteiger partial charge < -0.3 is 0 Å². The van der Waals surface area contributed by atoms with E-state index in [0.717, 1.165) is 57.1 Å². The summed E-state index contributed by atoms with van der Waals surface area (Å²) >= 11 is -5.71. The van der Waals surface area contributed by atoms with Gasteiger partial charge >= 0.3 is 459 Å². The Balaban J connectivity index is 1.34. The molecule has 0 radical (unpaired) electrons. The van der Waals surface area contributed by atoms with Gasteiger partial charge in [0.05, 0.1) is 0 Å². The average Bonchev–Trinajstić information content (AvgIpc) is 4.15. The molecule has 0 fully saturated rings. The number of halogens is 2. The Morgan fingerprint density at radius 2 is 0.811 bits per heavy atom. The van der Waals surface area contributed by atoms with Crippen molar-refractivity contribution in [2.24, 2.45) is 0 Å². The Bertz CT molecular complexity index is 3440. The van der Waals surface area contributed by atoms with E-state index in [0.29, 0.717) is 0 Å². The fourth-order valence-electron chi connectivity index (χ4n) is 12.2. The van der Waals surface area contributed by atoms with Crippen molar-refractivity contribution in [3.8, 4) is 22.3 Å². The van der Waals surface area contributed by atoms with Crippen molar-refractivity contribution in [1.29, 1.82) is 0 Å². The van der Waals surface area contributed by atoms with Gasteiger partial charge in [-0.3, -0.25) is 0 Å². The van der Waals surface area contributed by atoms with Crippen LogP contribution < -0.4 is 20.7 Å². The number of benzene rings is 6. The van der Waals surface area contributed by atoms with Crippen molar-refractivity contribution >= 4 is 120 Å². The third kappa shape index (κ3) is 8.95. The van der Waals surface area contributed by atoms with Crippen LogP contribution in [0.25, 0.3) is 67.1 Å². The molecule has 0 saturated carbocycles. The van der Waals surface area contributed by atoms with Crippen LogP contribution in [0.3, 0.4) is 0 Å². The molecule has 2 aromatic heterocycles. The summed E-state index contributed by atoms with van der Waals surface area (Å²) in [6.07, 6.45) is 10.7. The van der Waals surface area contributed by atoms with Gasteiger partial charge in [-0.1, -0.05) is 0 Å². The second kappa shape index (κ2) is 18.8. The molecule has 2 nitrogen and oxygen atoms in total. The maximum atomic E-state index is 9.49. The molecule has 2 unspecified atom stereocenters. The number of aryl methyl sites for hydroxylation is 2. The summed E-state index contributed by atoms with van der Waals surface area (Å²) in [5, 5.41) is 10.4. The Labute approximate surface area is 454 Å². The first-order valence-electron chi connectivity index (χ1n) is 27.0. The van der Waals surface area contributed by atoms with Crippen molar-refractivity contribution in [2.75, 3.05) is 0 Å². The third-order valence-corrected chi connectivity index (χ3v) is 71.1. The van der Waals surface area contributed by atoms with Crippen LogP contribution in [0.15, 0.2) is 131 Å². The van der Waals surface area contributed by atoms with Crippen LogP contribution in [0.4, 0.5) is 0 Å². The molecular weight excluding hydrogens is 1100 g/mol. The number of allylic oxidation sites excluding steroid dienone is 2. The van der Waals surface area contributed by atoms with Crippen molar-refractivity contribution in [3.63, 3.8) is 0 Å². The number of furan rings is 2. The molecule has 6 aromatic carbocycles. The van der Waals surface area contributed by atoms with E-state index in [4.69, 9.17) is 8.83 Å². The molecule has 2 atom stereocenters. The Kier molecular flexibility index (Phi) is 13.7. The fourth-order valence-corrected chi connectivity index (χ4v) is 44.9. The number of fused-ring (bicyclic) bond motifs is 4. The van der Waals surface area contributed by atoms with Gasteiger partial charge in [-0.2, -0.15) is 0 Å². The van der Waals surface area contributed by atoms with E-state index in [1.165, 1.54) is 76.4 Å². The molecule has 0 saturated heterocycles. The molecule has 0 spiro atoms. The summed E-state index contributed by atoms with van der Waals surface area (Å²) in [7, 11) is 12.0. The van der Waals surface area contributed by atoms with E-state index >= 15 is 0 Å². The first-order valence-corrected chi connectivity index (χ1v) is 56.4. The van der Waals surface area contributed by atoms with Crippen LogP contribution in [0.2, 0.25) is 91.7 Å². The SMILES string of the molecule is CCc1ccc2c(c1-c1cc([Si](C)(C)C)cc([Si](C)(C)C)c1)C=C(c1occ3ccccc13)[CH]2[Zr]([Cl])([Cl])([CH]1C(c2occ3ccccc23)=Cc2c1ccc(CC)c2-c1cc([Si](C)(C)C)cc([Si](C)(C)C)c1)=[Si](C)C. The minimum absolute atomic E-state index is 0.293. The molecular formula is C64H76Cl2O2Si5Zr. The Hall–Kier alpha value is -3.57. The van der Waals surface area contributed by atoms with Gasteiger partial charge in [-0.25, -0.2) is 0 Å². The topological polar surface area (TPSA) is 26.3 Å². The monoisotopic (exact) mass is 1180 g/mol. The first-order chi connectivity index (χ1) is 34.6. The second-order valence-electron chi connectivity index (χ2n) is 26.0. The van der Waals surface area contributed by atoms with Crippen molar-refractivity contribution < 1.29 is 23.8 Å². The maximum absolute atomic E-state index is 9.49. The second-order valence-corrected chi connectivity index (χ2v) is 85.1. The van der Waals surface area contributed by atoms with Gasteiger partial charge in [0.2, 0.25) is 0 Å². The van der Waals surface area contributed by atoms with Gasteiger partial charge in [0.25, 0.3) is 0 Å². The molecule has 0 bridgehead atoms. The van der Waals surface area contributed by atoms with E-state index in [1.807, 2.05) is 12.5 Å². The number of hydrogen-bond donors (Lipinski definition) is 0. The molecule has 10 heteroatoms. The predicted octanol–water partition coefficient (Wildman–Crippen LogP) is 18.0. The van der Waals surface area contributed by atoms with Crippen molar-refractivity contribution in [3.05, 3.63) is 167 Å². The zero-order valence-corrected chi connectivity index (χ0v) is 55.8. The van der Waals surface area contributed by atoms with Crippen LogP contribution in [0, 0.1) is 0 Å². The van der Waals surface area contributed by atoms with Crippen LogP contribution in [-0.2, 0) is 27.9 Å². The van der Waals surface area contributed by atoms with Crippen molar-refractivity contribution in [2.45, 2.75) is 126 Å². The van der Waals surface area contributed by atoms with E-state index < -0.39 is 52.7 Å². The minimum atomic E-state index is -5.71. The molecule has 74 heavy (non-hydrogen) atoms.